The number of carbonyl (C=O) groups is 2. The predicted molar refractivity (Wildman–Crippen MR) is 99.4 cm³/mol. The topological polar surface area (TPSA) is 67.7 Å². The Kier molecular flexibility index (Phi) is 4.59. The highest BCUT2D eigenvalue weighted by atomic mass is 16.5. The van der Waals surface area contributed by atoms with Gasteiger partial charge in [-0.3, -0.25) is 14.3 Å². The lowest BCUT2D eigenvalue weighted by molar-refractivity contribution is -0.139. The van der Waals surface area contributed by atoms with Crippen LogP contribution < -0.4 is 4.74 Å². The van der Waals surface area contributed by atoms with E-state index in [4.69, 9.17) is 4.74 Å². The van der Waals surface area contributed by atoms with Gasteiger partial charge < -0.3 is 14.5 Å². The van der Waals surface area contributed by atoms with E-state index in [0.717, 1.165) is 18.6 Å². The number of ether oxygens (including phenoxy) is 1. The Balaban J connectivity index is 1.34. The van der Waals surface area contributed by atoms with Crippen LogP contribution in [-0.4, -0.2) is 64.7 Å². The molecule has 1 aliphatic heterocycles. The number of hydrogen-bond donors (Lipinski definition) is 0. The Labute approximate surface area is 158 Å². The van der Waals surface area contributed by atoms with Gasteiger partial charge in [-0.05, 0) is 43.2 Å². The van der Waals surface area contributed by atoms with Crippen LogP contribution in [0, 0.1) is 5.41 Å². The van der Waals surface area contributed by atoms with E-state index in [-0.39, 0.29) is 17.2 Å². The normalized spacial score (nSPS) is 18.3. The van der Waals surface area contributed by atoms with Crippen LogP contribution in [0.3, 0.4) is 0 Å². The number of carbonyl (C=O) groups excluding carboxylic acids is 2. The van der Waals surface area contributed by atoms with Crippen molar-refractivity contribution in [2.75, 3.05) is 33.3 Å². The quantitative estimate of drug-likeness (QED) is 0.805. The Morgan fingerprint density at radius 2 is 1.74 bits per heavy atom. The van der Waals surface area contributed by atoms with Crippen molar-refractivity contribution in [2.24, 2.45) is 5.41 Å². The van der Waals surface area contributed by atoms with E-state index in [0.29, 0.717) is 38.3 Å². The summed E-state index contributed by atoms with van der Waals surface area (Å²) >= 11 is 0. The molecule has 1 aromatic heterocycles. The van der Waals surface area contributed by atoms with Gasteiger partial charge in [0.25, 0.3) is 5.91 Å². The average Bonchev–Trinajstić information content (AvgIpc) is 3.32. The first-order valence-corrected chi connectivity index (χ1v) is 9.31. The standard InChI is InChI=1S/C20H24N4O3/c1-27-17-5-3-16(4-6-17)18(25)22-11-13-23(14-12-22)19(26)20(7-8-20)15-24-10-2-9-21-24/h2-6,9-10H,7-8,11-15H2,1H3. The molecule has 4 rings (SSSR count). The van der Waals surface area contributed by atoms with Crippen LogP contribution in [0.5, 0.6) is 5.75 Å². The van der Waals surface area contributed by atoms with Crippen molar-refractivity contribution < 1.29 is 14.3 Å². The third-order valence-electron chi connectivity index (χ3n) is 5.52. The van der Waals surface area contributed by atoms with Gasteiger partial charge in [-0.1, -0.05) is 0 Å². The first-order chi connectivity index (χ1) is 13.1. The van der Waals surface area contributed by atoms with Crippen LogP contribution in [0.2, 0.25) is 0 Å². The second kappa shape index (κ2) is 7.06. The fraction of sp³-hybridized carbons (Fsp3) is 0.450. The summed E-state index contributed by atoms with van der Waals surface area (Å²) in [7, 11) is 1.60. The highest BCUT2D eigenvalue weighted by molar-refractivity contribution is 5.94. The summed E-state index contributed by atoms with van der Waals surface area (Å²) in [6, 6.07) is 9.02. The number of methoxy groups -OCH3 is 1. The number of hydrogen-bond acceptors (Lipinski definition) is 4. The Morgan fingerprint density at radius 1 is 1.07 bits per heavy atom. The number of aromatic nitrogens is 2. The van der Waals surface area contributed by atoms with Crippen LogP contribution in [0.1, 0.15) is 23.2 Å². The molecule has 0 spiro atoms. The highest BCUT2D eigenvalue weighted by Gasteiger charge is 2.52. The zero-order chi connectivity index (χ0) is 18.9. The third-order valence-corrected chi connectivity index (χ3v) is 5.52. The van der Waals surface area contributed by atoms with Gasteiger partial charge in [0.15, 0.2) is 0 Å². The van der Waals surface area contributed by atoms with E-state index in [1.165, 1.54) is 0 Å². The Morgan fingerprint density at radius 3 is 2.30 bits per heavy atom. The molecule has 0 bridgehead atoms. The van der Waals surface area contributed by atoms with Crippen molar-refractivity contribution in [2.45, 2.75) is 19.4 Å². The molecule has 27 heavy (non-hydrogen) atoms. The summed E-state index contributed by atoms with van der Waals surface area (Å²) < 4.78 is 6.98. The van der Waals surface area contributed by atoms with Gasteiger partial charge >= 0.3 is 0 Å². The van der Waals surface area contributed by atoms with Crippen LogP contribution in [0.4, 0.5) is 0 Å². The molecule has 2 fully saturated rings. The van der Waals surface area contributed by atoms with Crippen molar-refractivity contribution in [3.05, 3.63) is 48.3 Å². The van der Waals surface area contributed by atoms with E-state index in [1.54, 1.807) is 37.6 Å². The molecule has 0 radical (unpaired) electrons. The molecular formula is C20H24N4O3. The lowest BCUT2D eigenvalue weighted by Gasteiger charge is -2.36. The van der Waals surface area contributed by atoms with Gasteiger partial charge in [0.1, 0.15) is 5.75 Å². The van der Waals surface area contributed by atoms with Crippen LogP contribution in [0.25, 0.3) is 0 Å². The average molecular weight is 368 g/mol. The number of benzene rings is 1. The maximum atomic E-state index is 13.0. The molecule has 1 saturated carbocycles. The summed E-state index contributed by atoms with van der Waals surface area (Å²) in [5.41, 5.74) is 0.349. The summed E-state index contributed by atoms with van der Waals surface area (Å²) in [4.78, 5) is 29.4. The molecule has 2 amide bonds. The predicted octanol–water partition coefficient (Wildman–Crippen LogP) is 1.66. The van der Waals surface area contributed by atoms with E-state index in [2.05, 4.69) is 5.10 Å². The number of amides is 2. The minimum atomic E-state index is -0.297. The first-order valence-electron chi connectivity index (χ1n) is 9.31. The number of piperazine rings is 1. The Bertz CT molecular complexity index is 804. The van der Waals surface area contributed by atoms with Gasteiger partial charge in [-0.15, -0.1) is 0 Å². The lowest BCUT2D eigenvalue weighted by Crippen LogP contribution is -2.52. The minimum absolute atomic E-state index is 0.00225. The van der Waals surface area contributed by atoms with Crippen molar-refractivity contribution in [1.82, 2.24) is 19.6 Å². The SMILES string of the molecule is COc1ccc(C(=O)N2CCN(C(=O)C3(Cn4cccn4)CC3)CC2)cc1. The molecule has 2 aromatic rings. The fourth-order valence-corrected chi connectivity index (χ4v) is 3.66. The second-order valence-electron chi connectivity index (χ2n) is 7.30. The molecule has 1 aliphatic carbocycles. The molecule has 0 unspecified atom stereocenters. The molecule has 1 aromatic carbocycles. The van der Waals surface area contributed by atoms with Gasteiger partial charge in [-0.2, -0.15) is 5.10 Å². The fourth-order valence-electron chi connectivity index (χ4n) is 3.66. The second-order valence-corrected chi connectivity index (χ2v) is 7.30. The van der Waals surface area contributed by atoms with Gasteiger partial charge in [0.05, 0.1) is 19.1 Å². The molecule has 1 saturated heterocycles. The van der Waals surface area contributed by atoms with Crippen molar-refractivity contribution in [3.8, 4) is 5.75 Å². The van der Waals surface area contributed by atoms with E-state index in [9.17, 15) is 9.59 Å². The summed E-state index contributed by atoms with van der Waals surface area (Å²) in [5.74, 6) is 0.936. The summed E-state index contributed by atoms with van der Waals surface area (Å²) in [6.07, 6.45) is 5.47. The molecule has 0 atom stereocenters. The minimum Gasteiger partial charge on any atom is -0.497 e. The largest absolute Gasteiger partial charge is 0.497 e. The zero-order valence-electron chi connectivity index (χ0n) is 15.5. The first kappa shape index (κ1) is 17.6. The molecule has 2 heterocycles. The van der Waals surface area contributed by atoms with Gasteiger partial charge in [0.2, 0.25) is 5.91 Å². The molecule has 142 valence electrons. The summed E-state index contributed by atoms with van der Waals surface area (Å²) in [5, 5.41) is 4.23. The zero-order valence-corrected chi connectivity index (χ0v) is 15.5. The van der Waals surface area contributed by atoms with E-state index < -0.39 is 0 Å². The van der Waals surface area contributed by atoms with Crippen LogP contribution in [-0.2, 0) is 11.3 Å². The van der Waals surface area contributed by atoms with Gasteiger partial charge in [0, 0.05) is 44.1 Å². The van der Waals surface area contributed by atoms with Crippen molar-refractivity contribution in [1.29, 1.82) is 0 Å². The number of rotatable bonds is 5. The lowest BCUT2D eigenvalue weighted by atomic mass is 10.0. The maximum absolute atomic E-state index is 13.0. The monoisotopic (exact) mass is 368 g/mol. The molecule has 7 heteroatoms. The van der Waals surface area contributed by atoms with Crippen LogP contribution in [0.15, 0.2) is 42.7 Å². The van der Waals surface area contributed by atoms with Crippen molar-refractivity contribution >= 4 is 11.8 Å². The highest BCUT2D eigenvalue weighted by Crippen LogP contribution is 2.48. The molecular weight excluding hydrogens is 344 g/mol. The summed E-state index contributed by atoms with van der Waals surface area (Å²) in [6.45, 7) is 2.94. The van der Waals surface area contributed by atoms with E-state index >= 15 is 0 Å². The van der Waals surface area contributed by atoms with Crippen molar-refractivity contribution in [3.63, 3.8) is 0 Å². The smallest absolute Gasteiger partial charge is 0.253 e. The van der Waals surface area contributed by atoms with E-state index in [1.807, 2.05) is 26.7 Å². The third kappa shape index (κ3) is 3.54. The van der Waals surface area contributed by atoms with Crippen LogP contribution >= 0.6 is 0 Å². The maximum Gasteiger partial charge on any atom is 0.253 e. The number of nitrogens with zero attached hydrogens (tertiary/aromatic N) is 4. The molecule has 0 N–H and O–H groups in total. The Hall–Kier alpha value is -2.83. The molecule has 7 nitrogen and oxygen atoms in total. The van der Waals surface area contributed by atoms with Gasteiger partial charge in [-0.25, -0.2) is 0 Å². The molecule has 2 aliphatic rings.